The number of aromatic amines is 1. The van der Waals surface area contributed by atoms with Crippen LogP contribution in [0.15, 0.2) is 50.9 Å². The zero-order valence-electron chi connectivity index (χ0n) is 17.7. The maximum atomic E-state index is 15.6. The number of aliphatic carboxylic acids is 1. The molecule has 0 bridgehead atoms. The molecular formula is C19H20ClFN3O9P. The molecule has 7 atom stereocenters. The first-order valence-electron chi connectivity index (χ1n) is 9.74. The smallest absolute Gasteiger partial charge is 0.346 e. The largest absolute Gasteiger partial charge is 0.583 e. The summed E-state index contributed by atoms with van der Waals surface area (Å²) in [6.45, 7) is 2.11. The molecule has 0 radical (unpaired) electrons. The van der Waals surface area contributed by atoms with Crippen molar-refractivity contribution < 1.29 is 38.3 Å². The second-order valence-corrected chi connectivity index (χ2v) is 8.83. The minimum atomic E-state index is -3.03. The van der Waals surface area contributed by atoms with E-state index in [0.717, 1.165) is 30.7 Å². The fourth-order valence-corrected chi connectivity index (χ4v) is 3.99. The molecule has 0 saturated carbocycles. The number of H-pyrrole nitrogens is 1. The predicted molar refractivity (Wildman–Crippen MR) is 114 cm³/mol. The van der Waals surface area contributed by atoms with Crippen LogP contribution in [0, 0.1) is 0 Å². The summed E-state index contributed by atoms with van der Waals surface area (Å²) in [5.41, 5.74) is -4.33. The number of hydrogen-bond donors (Lipinski definition) is 3. The number of nitrogens with zero attached hydrogens (tertiary/aromatic N) is 2. The Kier molecular flexibility index (Phi) is 7.86. The van der Waals surface area contributed by atoms with Gasteiger partial charge in [-0.3, -0.25) is 14.3 Å². The molecule has 2 aromatic rings. The number of aliphatic hydroxyl groups excluding tert-OH is 1. The first-order chi connectivity index (χ1) is 15.9. The third-order valence-electron chi connectivity index (χ3n) is 4.92. The molecule has 1 fully saturated rings. The third kappa shape index (κ3) is 5.69. The summed E-state index contributed by atoms with van der Waals surface area (Å²) in [5, 5.41) is 20.0. The van der Waals surface area contributed by atoms with Crippen molar-refractivity contribution in [1.29, 1.82) is 0 Å². The molecule has 3 N–H and O–H groups in total. The molecule has 1 aromatic heterocycles. The van der Waals surface area contributed by atoms with Gasteiger partial charge in [0.1, 0.15) is 11.9 Å². The van der Waals surface area contributed by atoms with Crippen molar-refractivity contribution in [2.45, 2.75) is 50.3 Å². The number of aromatic nitrogens is 2. The first-order valence-corrected chi connectivity index (χ1v) is 11.2. The van der Waals surface area contributed by atoms with E-state index in [0.29, 0.717) is 5.02 Å². The number of halogens is 2. The molecule has 3 rings (SSSR count). The molecule has 1 aliphatic rings. The van der Waals surface area contributed by atoms with E-state index in [1.54, 1.807) is 0 Å². The summed E-state index contributed by atoms with van der Waals surface area (Å²) in [7, 11) is -3.03. The molecule has 0 spiro atoms. The van der Waals surface area contributed by atoms with Gasteiger partial charge >= 0.3 is 19.8 Å². The maximum Gasteiger partial charge on any atom is 0.346 e. The summed E-state index contributed by atoms with van der Waals surface area (Å²) < 4.78 is 36.1. The Balaban J connectivity index is 1.96. The van der Waals surface area contributed by atoms with Crippen molar-refractivity contribution in [3.8, 4) is 5.75 Å². The minimum Gasteiger partial charge on any atom is -0.583 e. The Hall–Kier alpha value is -2.67. The minimum absolute atomic E-state index is 0.102. The summed E-state index contributed by atoms with van der Waals surface area (Å²) in [4.78, 5) is 48.8. The van der Waals surface area contributed by atoms with Crippen molar-refractivity contribution in [3.63, 3.8) is 0 Å². The number of ether oxygens (including phenoxy) is 2. The molecule has 1 aromatic carbocycles. The summed E-state index contributed by atoms with van der Waals surface area (Å²) in [5.74, 6) is -1.27. The lowest BCUT2D eigenvalue weighted by atomic mass is 9.98. The molecule has 1 aliphatic heterocycles. The number of carboxylic acids is 1. The van der Waals surface area contributed by atoms with Gasteiger partial charge in [-0.1, -0.05) is 16.3 Å². The van der Waals surface area contributed by atoms with E-state index in [2.05, 4.69) is 4.74 Å². The Morgan fingerprint density at radius 2 is 2.03 bits per heavy atom. The van der Waals surface area contributed by atoms with E-state index in [1.807, 2.05) is 4.98 Å². The van der Waals surface area contributed by atoms with Gasteiger partial charge in [0.25, 0.3) is 11.8 Å². The highest BCUT2D eigenvalue weighted by Gasteiger charge is 2.59. The van der Waals surface area contributed by atoms with E-state index in [9.17, 15) is 24.4 Å². The van der Waals surface area contributed by atoms with Gasteiger partial charge in [0, 0.05) is 17.3 Å². The Bertz CT molecular complexity index is 1190. The van der Waals surface area contributed by atoms with Crippen molar-refractivity contribution in [1.82, 2.24) is 9.55 Å². The van der Waals surface area contributed by atoms with Gasteiger partial charge in [0.15, 0.2) is 24.0 Å². The third-order valence-corrected chi connectivity index (χ3v) is 6.09. The van der Waals surface area contributed by atoms with E-state index in [4.69, 9.17) is 30.7 Å². The normalized spacial score (nSPS) is 26.8. The van der Waals surface area contributed by atoms with Gasteiger partial charge in [0.2, 0.25) is 0 Å². The van der Waals surface area contributed by atoms with Crippen LogP contribution < -0.4 is 20.9 Å². The van der Waals surface area contributed by atoms with Crippen molar-refractivity contribution >= 4 is 25.7 Å². The summed E-state index contributed by atoms with van der Waals surface area (Å²) in [6, 6.07) is 5.29. The monoisotopic (exact) mass is 519 g/mol. The van der Waals surface area contributed by atoms with E-state index in [-0.39, 0.29) is 5.75 Å². The molecule has 0 amide bonds. The van der Waals surface area contributed by atoms with Crippen LogP contribution in [0.2, 0.25) is 5.02 Å². The maximum absolute atomic E-state index is 15.6. The van der Waals surface area contributed by atoms with Crippen LogP contribution in [0.4, 0.5) is 4.39 Å². The van der Waals surface area contributed by atoms with Gasteiger partial charge in [-0.25, -0.2) is 14.0 Å². The quantitative estimate of drug-likeness (QED) is 0.338. The van der Waals surface area contributed by atoms with Crippen molar-refractivity contribution in [3.05, 3.63) is 62.4 Å². The standard InChI is InChI=1S/C19H20ClFN3O9P/c1-9(15(27)28)23-34(30)33-16(31-11-5-3-10(20)4-6-11)13-14(26)19(2,21)17(32-13)24-8-7-12(25)22-18(24)29/h3-9,13-14,16-17,26H,1-2H3,(H,27,28)(H,22,25,29)/t9-,13+,14+,16?,17+,19+/m0/s1. The van der Waals surface area contributed by atoms with Crippen LogP contribution in [0.25, 0.3) is 0 Å². The van der Waals surface area contributed by atoms with Crippen LogP contribution >= 0.6 is 19.8 Å². The van der Waals surface area contributed by atoms with Crippen molar-refractivity contribution in [2.24, 2.45) is 4.74 Å². The molecule has 0 aliphatic carbocycles. The molecule has 15 heteroatoms. The molecule has 12 nitrogen and oxygen atoms in total. The number of carboxylic acid groups (broad SMARTS) is 1. The van der Waals surface area contributed by atoms with E-state index < -0.39 is 61.8 Å². The summed E-state index contributed by atoms with van der Waals surface area (Å²) in [6.07, 6.45) is -6.15. The highest BCUT2D eigenvalue weighted by atomic mass is 35.5. The van der Waals surface area contributed by atoms with E-state index >= 15 is 4.39 Å². The number of aliphatic hydroxyl groups is 1. The second-order valence-electron chi connectivity index (χ2n) is 7.48. The fourth-order valence-electron chi connectivity index (χ4n) is 3.09. The van der Waals surface area contributed by atoms with Crippen LogP contribution in [-0.4, -0.2) is 55.9 Å². The van der Waals surface area contributed by atoms with Gasteiger partial charge in [-0.05, 0) is 38.1 Å². The number of nitrogens with one attached hydrogen (secondary N) is 1. The highest BCUT2D eigenvalue weighted by Crippen LogP contribution is 2.43. The van der Waals surface area contributed by atoms with E-state index in [1.165, 1.54) is 24.3 Å². The number of rotatable bonds is 8. The number of benzene rings is 1. The SMILES string of the molecule is C[C@H](N=[P+]([O-])OC(Oc1ccc(Cl)cc1)[C@@H]1O[C@@H](n2ccc(=O)[nH]c2=O)[C@](C)(F)[C@@H]1O)C(=O)O. The molecule has 2 unspecified atom stereocenters. The topological polar surface area (TPSA) is 175 Å². The Morgan fingerprint density at radius 1 is 1.38 bits per heavy atom. The molecular weight excluding hydrogens is 500 g/mol. The van der Waals surface area contributed by atoms with Gasteiger partial charge in [-0.15, -0.1) is 4.52 Å². The average molecular weight is 520 g/mol. The highest BCUT2D eigenvalue weighted by molar-refractivity contribution is 7.33. The Morgan fingerprint density at radius 3 is 2.62 bits per heavy atom. The molecule has 184 valence electrons. The Labute approximate surface area is 197 Å². The fraction of sp³-hybridized carbons (Fsp3) is 0.421. The predicted octanol–water partition coefficient (Wildman–Crippen LogP) is 0.927. The zero-order chi connectivity index (χ0) is 25.2. The summed E-state index contributed by atoms with van der Waals surface area (Å²) >= 11 is 5.84. The van der Waals surface area contributed by atoms with Crippen molar-refractivity contribution in [2.75, 3.05) is 0 Å². The lowest BCUT2D eigenvalue weighted by molar-refractivity contribution is -0.206. The molecule has 2 heterocycles. The second kappa shape index (κ2) is 10.3. The zero-order valence-corrected chi connectivity index (χ0v) is 19.4. The van der Waals surface area contributed by atoms with Crippen LogP contribution in [0.5, 0.6) is 5.75 Å². The average Bonchev–Trinajstić information content (AvgIpc) is 2.98. The number of hydrogen-bond acceptors (Lipinski definition) is 9. The number of alkyl halides is 1. The van der Waals surface area contributed by atoms with Gasteiger partial charge in [-0.2, -0.15) is 0 Å². The van der Waals surface area contributed by atoms with Gasteiger partial charge in [0.05, 0.1) is 0 Å². The lowest BCUT2D eigenvalue weighted by Gasteiger charge is -2.25. The van der Waals surface area contributed by atoms with Crippen LogP contribution in [-0.2, 0) is 14.1 Å². The lowest BCUT2D eigenvalue weighted by Crippen LogP contribution is -2.46. The molecule has 1 saturated heterocycles. The number of carbonyl (C=O) groups is 1. The van der Waals surface area contributed by atoms with Crippen LogP contribution in [0.1, 0.15) is 20.1 Å². The van der Waals surface area contributed by atoms with Gasteiger partial charge < -0.3 is 24.6 Å². The first kappa shape index (κ1) is 25.9. The molecule has 34 heavy (non-hydrogen) atoms. The van der Waals surface area contributed by atoms with Crippen LogP contribution in [0.3, 0.4) is 0 Å².